The highest BCUT2D eigenvalue weighted by atomic mass is 16.3. The molecule has 0 spiro atoms. The number of unbranched alkanes of at least 4 members (excludes halogenated alkanes) is 3. The maximum atomic E-state index is 12.3. The van der Waals surface area contributed by atoms with Crippen LogP contribution in [-0.2, 0) is 9.59 Å². The van der Waals surface area contributed by atoms with E-state index in [1.807, 2.05) is 17.1 Å². The number of nitrogens with one attached hydrogen (secondary N) is 1. The molecule has 1 saturated heterocycles. The highest BCUT2D eigenvalue weighted by Crippen LogP contribution is 2.20. The van der Waals surface area contributed by atoms with Crippen LogP contribution in [0, 0.1) is 11.8 Å². The Balaban J connectivity index is 1.72. The van der Waals surface area contributed by atoms with Crippen LogP contribution in [0.3, 0.4) is 0 Å². The van der Waals surface area contributed by atoms with Crippen molar-refractivity contribution >= 4 is 11.8 Å². The highest BCUT2D eigenvalue weighted by Gasteiger charge is 2.25. The van der Waals surface area contributed by atoms with Gasteiger partial charge in [-0.25, -0.2) is 0 Å². The summed E-state index contributed by atoms with van der Waals surface area (Å²) in [4.78, 5) is 25.7. The second-order valence-corrected chi connectivity index (χ2v) is 7.98. The van der Waals surface area contributed by atoms with E-state index in [4.69, 9.17) is 0 Å². The average molecular weight is 389 g/mol. The van der Waals surface area contributed by atoms with Crippen LogP contribution in [0.1, 0.15) is 84.0 Å². The zero-order valence-corrected chi connectivity index (χ0v) is 17.3. The van der Waals surface area contributed by atoms with Crippen LogP contribution in [0.15, 0.2) is 12.2 Å². The van der Waals surface area contributed by atoms with Gasteiger partial charge >= 0.3 is 0 Å². The third-order valence-electron chi connectivity index (χ3n) is 5.29. The van der Waals surface area contributed by atoms with Crippen LogP contribution in [-0.4, -0.2) is 46.6 Å². The van der Waals surface area contributed by atoms with E-state index in [1.165, 1.54) is 0 Å². The standard InChI is InChI=1S/C23H36N2O3/c1-2-3-6-11-21(26)17-16-20-10-9-13-23(28)25(20)18-8-5-4-7-12-22(27)24-19-14-15-19/h16-17,19-21,26H,2-4,6-7,9-15,18H2,1H3,(H,24,27)/b17-16+/t20-,21?/m1/s1. The summed E-state index contributed by atoms with van der Waals surface area (Å²) in [5.41, 5.74) is 0. The van der Waals surface area contributed by atoms with E-state index in [-0.39, 0.29) is 17.9 Å². The summed E-state index contributed by atoms with van der Waals surface area (Å²) in [5.74, 6) is 6.46. The molecule has 2 amide bonds. The molecule has 0 aromatic rings. The third kappa shape index (κ3) is 8.93. The van der Waals surface area contributed by atoms with Crippen molar-refractivity contribution in [1.29, 1.82) is 0 Å². The molecule has 28 heavy (non-hydrogen) atoms. The molecule has 0 aromatic heterocycles. The fraction of sp³-hybridized carbons (Fsp3) is 0.739. The van der Waals surface area contributed by atoms with E-state index in [9.17, 15) is 14.7 Å². The van der Waals surface area contributed by atoms with Crippen molar-refractivity contribution in [3.8, 4) is 11.8 Å². The number of carbonyl (C=O) groups is 2. The largest absolute Gasteiger partial charge is 0.389 e. The summed E-state index contributed by atoms with van der Waals surface area (Å²) in [6, 6.07) is 0.444. The van der Waals surface area contributed by atoms with Gasteiger partial charge in [-0.1, -0.05) is 44.3 Å². The Morgan fingerprint density at radius 1 is 1.29 bits per heavy atom. The predicted molar refractivity (Wildman–Crippen MR) is 111 cm³/mol. The normalized spacial score (nSPS) is 20.7. The SMILES string of the molecule is CCCCCC(O)/C=C/[C@H]1CCCC(=O)N1CC#CCCCC(=O)NC1CC1. The Hall–Kier alpha value is -1.80. The molecular formula is C23H36N2O3. The van der Waals surface area contributed by atoms with Crippen LogP contribution < -0.4 is 5.32 Å². The number of carbonyl (C=O) groups excluding carboxylic acids is 2. The monoisotopic (exact) mass is 388 g/mol. The van der Waals surface area contributed by atoms with E-state index in [0.29, 0.717) is 31.8 Å². The van der Waals surface area contributed by atoms with Crippen molar-refractivity contribution < 1.29 is 14.7 Å². The first-order chi connectivity index (χ1) is 13.6. The van der Waals surface area contributed by atoms with E-state index in [0.717, 1.165) is 57.8 Å². The molecule has 5 heteroatoms. The summed E-state index contributed by atoms with van der Waals surface area (Å²) >= 11 is 0. The van der Waals surface area contributed by atoms with Crippen LogP contribution >= 0.6 is 0 Å². The van der Waals surface area contributed by atoms with E-state index < -0.39 is 6.10 Å². The number of nitrogens with zero attached hydrogens (tertiary/aromatic N) is 1. The molecule has 0 bridgehead atoms. The summed E-state index contributed by atoms with van der Waals surface area (Å²) in [5, 5.41) is 13.1. The summed E-state index contributed by atoms with van der Waals surface area (Å²) < 4.78 is 0. The lowest BCUT2D eigenvalue weighted by molar-refractivity contribution is -0.134. The Morgan fingerprint density at radius 3 is 2.86 bits per heavy atom. The van der Waals surface area contributed by atoms with Gasteiger partial charge in [-0.3, -0.25) is 9.59 Å². The molecule has 2 fully saturated rings. The molecule has 1 heterocycles. The molecule has 2 aliphatic rings. The van der Waals surface area contributed by atoms with Crippen molar-refractivity contribution in [3.63, 3.8) is 0 Å². The van der Waals surface area contributed by atoms with E-state index >= 15 is 0 Å². The zero-order chi connectivity index (χ0) is 20.2. The van der Waals surface area contributed by atoms with E-state index in [2.05, 4.69) is 24.1 Å². The Morgan fingerprint density at radius 2 is 2.11 bits per heavy atom. The Kier molecular flexibility index (Phi) is 10.1. The fourth-order valence-electron chi connectivity index (χ4n) is 3.40. The number of aliphatic hydroxyl groups excluding tert-OH is 1. The fourth-order valence-corrected chi connectivity index (χ4v) is 3.40. The van der Waals surface area contributed by atoms with Gasteiger partial charge < -0.3 is 15.3 Å². The molecule has 5 nitrogen and oxygen atoms in total. The number of hydrogen-bond acceptors (Lipinski definition) is 3. The van der Waals surface area contributed by atoms with Crippen molar-refractivity contribution in [3.05, 3.63) is 12.2 Å². The molecule has 0 radical (unpaired) electrons. The molecule has 2 atom stereocenters. The molecule has 1 aliphatic heterocycles. The van der Waals surface area contributed by atoms with Crippen LogP contribution in [0.25, 0.3) is 0 Å². The average Bonchev–Trinajstić information content (AvgIpc) is 3.48. The molecule has 1 aliphatic carbocycles. The molecule has 0 aromatic carbocycles. The minimum atomic E-state index is -0.432. The molecule has 2 N–H and O–H groups in total. The first-order valence-electron chi connectivity index (χ1n) is 11.0. The third-order valence-corrected chi connectivity index (χ3v) is 5.29. The van der Waals surface area contributed by atoms with Gasteiger partial charge in [0, 0.05) is 25.3 Å². The Bertz CT molecular complexity index is 586. The van der Waals surface area contributed by atoms with Crippen LogP contribution in [0.2, 0.25) is 0 Å². The van der Waals surface area contributed by atoms with Crippen molar-refractivity contribution in [2.45, 2.75) is 102 Å². The van der Waals surface area contributed by atoms with Gasteiger partial charge in [0.15, 0.2) is 0 Å². The lowest BCUT2D eigenvalue weighted by atomic mass is 10.00. The molecule has 1 unspecified atom stereocenters. The summed E-state index contributed by atoms with van der Waals surface area (Å²) in [7, 11) is 0. The summed E-state index contributed by atoms with van der Waals surface area (Å²) in [6.45, 7) is 2.58. The minimum Gasteiger partial charge on any atom is -0.389 e. The molecule has 156 valence electrons. The molecular weight excluding hydrogens is 352 g/mol. The zero-order valence-electron chi connectivity index (χ0n) is 17.3. The lowest BCUT2D eigenvalue weighted by Crippen LogP contribution is -2.42. The van der Waals surface area contributed by atoms with Gasteiger partial charge in [-0.05, 0) is 38.5 Å². The van der Waals surface area contributed by atoms with Gasteiger partial charge in [0.1, 0.15) is 0 Å². The topological polar surface area (TPSA) is 69.6 Å². The quantitative estimate of drug-likeness (QED) is 0.324. The van der Waals surface area contributed by atoms with E-state index in [1.54, 1.807) is 0 Å². The number of aliphatic hydroxyl groups is 1. The first-order valence-corrected chi connectivity index (χ1v) is 11.0. The Labute approximate surface area is 169 Å². The molecule has 1 saturated carbocycles. The number of hydrogen-bond donors (Lipinski definition) is 2. The predicted octanol–water partition coefficient (Wildman–Crippen LogP) is 3.32. The van der Waals surface area contributed by atoms with Crippen LogP contribution in [0.5, 0.6) is 0 Å². The van der Waals surface area contributed by atoms with Crippen molar-refractivity contribution in [2.75, 3.05) is 6.54 Å². The van der Waals surface area contributed by atoms with Gasteiger partial charge in [0.2, 0.25) is 11.8 Å². The maximum Gasteiger partial charge on any atom is 0.223 e. The van der Waals surface area contributed by atoms with Gasteiger partial charge in [-0.15, -0.1) is 5.92 Å². The van der Waals surface area contributed by atoms with Crippen molar-refractivity contribution in [2.24, 2.45) is 0 Å². The summed E-state index contributed by atoms with van der Waals surface area (Å²) in [6.07, 6.45) is 14.0. The second kappa shape index (κ2) is 12.6. The minimum absolute atomic E-state index is 0.0284. The highest BCUT2D eigenvalue weighted by molar-refractivity contribution is 5.78. The second-order valence-electron chi connectivity index (χ2n) is 7.98. The van der Waals surface area contributed by atoms with Crippen molar-refractivity contribution in [1.82, 2.24) is 10.2 Å². The van der Waals surface area contributed by atoms with Gasteiger partial charge in [-0.2, -0.15) is 0 Å². The molecule has 2 rings (SSSR count). The maximum absolute atomic E-state index is 12.3. The smallest absolute Gasteiger partial charge is 0.223 e. The number of amides is 2. The number of likely N-dealkylation sites (tertiary alicyclic amines) is 1. The van der Waals surface area contributed by atoms with Gasteiger partial charge in [0.25, 0.3) is 0 Å². The van der Waals surface area contributed by atoms with Gasteiger partial charge in [0.05, 0.1) is 18.7 Å². The number of rotatable bonds is 11. The van der Waals surface area contributed by atoms with Crippen LogP contribution in [0.4, 0.5) is 0 Å². The first kappa shape index (κ1) is 22.5. The number of piperidine rings is 1. The lowest BCUT2D eigenvalue weighted by Gasteiger charge is -2.32.